The van der Waals surface area contributed by atoms with E-state index in [1.807, 2.05) is 84.1 Å². The van der Waals surface area contributed by atoms with Crippen molar-refractivity contribution >= 4 is 97.2 Å². The van der Waals surface area contributed by atoms with Crippen LogP contribution in [0.25, 0.3) is 126 Å². The highest BCUT2D eigenvalue weighted by Gasteiger charge is 2.23. The van der Waals surface area contributed by atoms with E-state index >= 15 is 0 Å². The Hall–Kier alpha value is -7.61. The first kappa shape index (κ1) is 31.6. The highest BCUT2D eigenvalue weighted by molar-refractivity contribution is 7.26. The van der Waals surface area contributed by atoms with Gasteiger partial charge in [0.05, 0.1) is 16.7 Å². The number of hydrogen-bond acceptors (Lipinski definition) is 6. The van der Waals surface area contributed by atoms with Gasteiger partial charge in [-0.2, -0.15) is 0 Å². The lowest BCUT2D eigenvalue weighted by Gasteiger charge is -2.09. The Morgan fingerprint density at radius 2 is 1.07 bits per heavy atom. The number of rotatable bonds is 4. The largest absolute Gasteiger partial charge is 0.456 e. The zero-order chi connectivity index (χ0) is 37.9. The lowest BCUT2D eigenvalue weighted by molar-refractivity contribution is 0.662. The Bertz CT molecular complexity index is 3740. The molecule has 13 rings (SSSR count). The quantitative estimate of drug-likeness (QED) is 0.179. The Labute approximate surface area is 333 Å². The van der Waals surface area contributed by atoms with E-state index in [2.05, 4.69) is 102 Å². The molecular formula is C51H28N4O2S. The molecule has 0 atom stereocenters. The van der Waals surface area contributed by atoms with Crippen LogP contribution in [0.4, 0.5) is 0 Å². The standard InChI is InChI=1S/C51H28N4O2S/c1-3-13-29(14-4-1)49-52-50(30-15-5-2-6-16-30)54-51(53-49)35-20-12-23-41-45(35)37-28-42-36(27-43(37)56-41)32-19-11-22-40(47(32)57-42)55-38-21-9-7-18-34(38)46-39(55)26-25-33-31-17-8-10-24-44(31)58-48(33)46/h1-28H. The van der Waals surface area contributed by atoms with Crippen molar-refractivity contribution in [2.45, 2.75) is 0 Å². The Morgan fingerprint density at radius 3 is 1.88 bits per heavy atom. The van der Waals surface area contributed by atoms with Gasteiger partial charge >= 0.3 is 0 Å². The molecular weight excluding hydrogens is 733 g/mol. The molecule has 0 bridgehead atoms. The summed E-state index contributed by atoms with van der Waals surface area (Å²) in [6.45, 7) is 0. The van der Waals surface area contributed by atoms with E-state index in [0.717, 1.165) is 77.3 Å². The van der Waals surface area contributed by atoms with Gasteiger partial charge in [0.15, 0.2) is 23.1 Å². The van der Waals surface area contributed by atoms with Gasteiger partial charge in [0, 0.05) is 69.2 Å². The maximum absolute atomic E-state index is 6.97. The first-order chi connectivity index (χ1) is 28.7. The van der Waals surface area contributed by atoms with Crippen molar-refractivity contribution in [3.63, 3.8) is 0 Å². The monoisotopic (exact) mass is 760 g/mol. The molecule has 13 aromatic rings. The van der Waals surface area contributed by atoms with Crippen LogP contribution in [0.5, 0.6) is 0 Å². The third kappa shape index (κ3) is 4.50. The van der Waals surface area contributed by atoms with Crippen LogP contribution in [0.3, 0.4) is 0 Å². The second-order valence-electron chi connectivity index (χ2n) is 14.7. The molecule has 0 aliphatic heterocycles. The summed E-state index contributed by atoms with van der Waals surface area (Å²) < 4.78 is 18.6. The smallest absolute Gasteiger partial charge is 0.164 e. The number of hydrogen-bond donors (Lipinski definition) is 0. The normalized spacial score (nSPS) is 12.1. The van der Waals surface area contributed by atoms with Gasteiger partial charge < -0.3 is 13.4 Å². The summed E-state index contributed by atoms with van der Waals surface area (Å²) in [5.74, 6) is 1.80. The fourth-order valence-corrected chi connectivity index (χ4v) is 10.1. The van der Waals surface area contributed by atoms with Crippen LogP contribution in [0.2, 0.25) is 0 Å². The van der Waals surface area contributed by atoms with Crippen molar-refractivity contribution < 1.29 is 8.83 Å². The maximum atomic E-state index is 6.97. The van der Waals surface area contributed by atoms with Crippen molar-refractivity contribution in [2.75, 3.05) is 0 Å². The maximum Gasteiger partial charge on any atom is 0.164 e. The molecule has 0 saturated carbocycles. The third-order valence-corrected chi connectivity index (χ3v) is 12.7. The Balaban J connectivity index is 1.04. The van der Waals surface area contributed by atoms with E-state index in [4.69, 9.17) is 23.8 Å². The van der Waals surface area contributed by atoms with Crippen molar-refractivity contribution in [2.24, 2.45) is 0 Å². The van der Waals surface area contributed by atoms with Gasteiger partial charge in [-0.1, -0.05) is 127 Å². The molecule has 0 aliphatic carbocycles. The van der Waals surface area contributed by atoms with Crippen molar-refractivity contribution in [1.29, 1.82) is 0 Å². The predicted molar refractivity (Wildman–Crippen MR) is 238 cm³/mol. The zero-order valence-corrected chi connectivity index (χ0v) is 31.5. The number of benzene rings is 8. The Kier molecular flexibility index (Phi) is 6.50. The summed E-state index contributed by atoms with van der Waals surface area (Å²) in [5.41, 5.74) is 9.13. The third-order valence-electron chi connectivity index (χ3n) is 11.5. The second kappa shape index (κ2) is 11.9. The van der Waals surface area contributed by atoms with E-state index in [1.165, 1.54) is 30.9 Å². The van der Waals surface area contributed by atoms with Gasteiger partial charge in [-0.3, -0.25) is 0 Å². The minimum Gasteiger partial charge on any atom is -0.456 e. The van der Waals surface area contributed by atoms with Crippen LogP contribution in [0.1, 0.15) is 0 Å². The lowest BCUT2D eigenvalue weighted by atomic mass is 10.0. The zero-order valence-electron chi connectivity index (χ0n) is 30.7. The summed E-state index contributed by atoms with van der Waals surface area (Å²) >= 11 is 1.86. The molecule has 5 aromatic heterocycles. The van der Waals surface area contributed by atoms with Crippen LogP contribution in [-0.2, 0) is 0 Å². The average Bonchev–Trinajstić information content (AvgIpc) is 4.04. The van der Waals surface area contributed by atoms with Crippen LogP contribution in [0, 0.1) is 0 Å². The molecule has 6 nitrogen and oxygen atoms in total. The average molecular weight is 761 g/mol. The lowest BCUT2D eigenvalue weighted by Crippen LogP contribution is -2.00. The molecule has 0 N–H and O–H groups in total. The van der Waals surface area contributed by atoms with Crippen molar-refractivity contribution in [1.82, 2.24) is 19.5 Å². The molecule has 5 heterocycles. The SMILES string of the molecule is c1ccc(-c2nc(-c3ccccc3)nc(-c3cccc4oc5cc6c(cc5c34)oc3c(-n4c5ccccc5c5c7sc8ccccc8c7ccc54)cccc36)n2)cc1. The van der Waals surface area contributed by atoms with Gasteiger partial charge in [0.25, 0.3) is 0 Å². The highest BCUT2D eigenvalue weighted by Crippen LogP contribution is 2.46. The topological polar surface area (TPSA) is 69.9 Å². The summed E-state index contributed by atoms with van der Waals surface area (Å²) in [6.07, 6.45) is 0. The van der Waals surface area contributed by atoms with E-state index in [0.29, 0.717) is 17.5 Å². The number of aromatic nitrogens is 4. The van der Waals surface area contributed by atoms with Crippen LogP contribution < -0.4 is 0 Å². The number of fused-ring (bicyclic) bond motifs is 13. The van der Waals surface area contributed by atoms with E-state index in [9.17, 15) is 0 Å². The summed E-state index contributed by atoms with van der Waals surface area (Å²) in [4.78, 5) is 15.1. The minimum atomic E-state index is 0.576. The first-order valence-electron chi connectivity index (χ1n) is 19.3. The van der Waals surface area contributed by atoms with Crippen molar-refractivity contribution in [3.05, 3.63) is 170 Å². The van der Waals surface area contributed by atoms with Crippen molar-refractivity contribution in [3.8, 4) is 39.9 Å². The van der Waals surface area contributed by atoms with Gasteiger partial charge in [-0.05, 0) is 42.5 Å². The molecule has 0 radical (unpaired) electrons. The molecule has 8 aromatic carbocycles. The van der Waals surface area contributed by atoms with E-state index in [1.54, 1.807) is 0 Å². The number of para-hydroxylation sites is 2. The fourth-order valence-electron chi connectivity index (χ4n) is 8.89. The molecule has 0 unspecified atom stereocenters. The van der Waals surface area contributed by atoms with Gasteiger partial charge in [-0.15, -0.1) is 11.3 Å². The molecule has 58 heavy (non-hydrogen) atoms. The molecule has 0 saturated heterocycles. The van der Waals surface area contributed by atoms with Gasteiger partial charge in [0.2, 0.25) is 0 Å². The predicted octanol–water partition coefficient (Wildman–Crippen LogP) is 14.1. The van der Waals surface area contributed by atoms with Gasteiger partial charge in [-0.25, -0.2) is 15.0 Å². The summed E-state index contributed by atoms with van der Waals surface area (Å²) in [5, 5.41) is 8.97. The second-order valence-corrected chi connectivity index (χ2v) is 15.8. The van der Waals surface area contributed by atoms with Crippen LogP contribution >= 0.6 is 11.3 Å². The molecule has 0 amide bonds. The van der Waals surface area contributed by atoms with Gasteiger partial charge in [0.1, 0.15) is 16.7 Å². The molecule has 7 heteroatoms. The summed E-state index contributed by atoms with van der Waals surface area (Å²) in [7, 11) is 0. The highest BCUT2D eigenvalue weighted by atomic mass is 32.1. The van der Waals surface area contributed by atoms with Crippen LogP contribution in [-0.4, -0.2) is 19.5 Å². The molecule has 0 spiro atoms. The van der Waals surface area contributed by atoms with E-state index in [-0.39, 0.29) is 0 Å². The number of nitrogens with zero attached hydrogens (tertiary/aromatic N) is 4. The number of furan rings is 2. The van der Waals surface area contributed by atoms with E-state index < -0.39 is 0 Å². The fraction of sp³-hybridized carbons (Fsp3) is 0. The van der Waals surface area contributed by atoms with Crippen LogP contribution in [0.15, 0.2) is 179 Å². The minimum absolute atomic E-state index is 0.576. The molecule has 0 aliphatic rings. The first-order valence-corrected chi connectivity index (χ1v) is 20.1. The molecule has 0 fully saturated rings. The summed E-state index contributed by atoms with van der Waals surface area (Å²) in [6, 6.07) is 58.8. The molecule has 270 valence electrons. The number of thiophene rings is 1. The Morgan fingerprint density at radius 1 is 0.414 bits per heavy atom.